The number of epoxide rings is 1. The predicted octanol–water partition coefficient (Wildman–Crippen LogP) is 2.55. The van der Waals surface area contributed by atoms with Crippen molar-refractivity contribution in [2.45, 2.75) is 76.8 Å². The molecular weight excluding hydrogens is 192 g/mol. The molecular formula is C12H24O3. The highest BCUT2D eigenvalue weighted by Crippen LogP contribution is 2.36. The number of hydrogen-bond donors (Lipinski definition) is 2. The summed E-state index contributed by atoms with van der Waals surface area (Å²) in [7, 11) is 0. The Morgan fingerprint density at radius 3 is 1.93 bits per heavy atom. The number of ether oxygens (including phenoxy) is 1. The van der Waals surface area contributed by atoms with E-state index in [1.165, 1.54) is 38.5 Å². The highest BCUT2D eigenvalue weighted by atomic mass is 16.8. The maximum Gasteiger partial charge on any atom is 0.220 e. The van der Waals surface area contributed by atoms with Gasteiger partial charge in [-0.05, 0) is 6.42 Å². The van der Waals surface area contributed by atoms with Crippen LogP contribution in [0.4, 0.5) is 0 Å². The van der Waals surface area contributed by atoms with Crippen LogP contribution < -0.4 is 0 Å². The minimum atomic E-state index is -1.19. The Kier molecular flexibility index (Phi) is 5.58. The molecule has 1 fully saturated rings. The van der Waals surface area contributed by atoms with Crippen LogP contribution in [-0.2, 0) is 4.74 Å². The van der Waals surface area contributed by atoms with E-state index in [4.69, 9.17) is 5.11 Å². The Morgan fingerprint density at radius 1 is 1.00 bits per heavy atom. The SMILES string of the molecule is CCCCCCCCCCC1(O)OC1O. The van der Waals surface area contributed by atoms with Crippen molar-refractivity contribution < 1.29 is 14.9 Å². The lowest BCUT2D eigenvalue weighted by molar-refractivity contribution is 0.0252. The van der Waals surface area contributed by atoms with E-state index in [1.54, 1.807) is 0 Å². The van der Waals surface area contributed by atoms with Gasteiger partial charge in [-0.2, -0.15) is 0 Å². The van der Waals surface area contributed by atoms with Crippen LogP contribution in [0.5, 0.6) is 0 Å². The van der Waals surface area contributed by atoms with Gasteiger partial charge in [0.15, 0.2) is 0 Å². The zero-order valence-corrected chi connectivity index (χ0v) is 9.74. The van der Waals surface area contributed by atoms with Gasteiger partial charge in [0.1, 0.15) is 0 Å². The molecule has 2 N–H and O–H groups in total. The Morgan fingerprint density at radius 2 is 1.47 bits per heavy atom. The largest absolute Gasteiger partial charge is 0.364 e. The van der Waals surface area contributed by atoms with E-state index in [9.17, 15) is 5.11 Å². The molecule has 0 aromatic heterocycles. The van der Waals surface area contributed by atoms with Crippen molar-refractivity contribution in [3.63, 3.8) is 0 Å². The van der Waals surface area contributed by atoms with Gasteiger partial charge >= 0.3 is 0 Å². The van der Waals surface area contributed by atoms with E-state index in [-0.39, 0.29) is 0 Å². The van der Waals surface area contributed by atoms with Gasteiger partial charge in [-0.3, -0.25) is 0 Å². The van der Waals surface area contributed by atoms with Crippen LogP contribution in [0.3, 0.4) is 0 Å². The molecule has 0 bridgehead atoms. The van der Waals surface area contributed by atoms with Gasteiger partial charge in [-0.25, -0.2) is 0 Å². The fourth-order valence-corrected chi connectivity index (χ4v) is 1.85. The van der Waals surface area contributed by atoms with Gasteiger partial charge in [0, 0.05) is 6.42 Å². The summed E-state index contributed by atoms with van der Waals surface area (Å²) < 4.78 is 4.68. The summed E-state index contributed by atoms with van der Waals surface area (Å²) >= 11 is 0. The average Bonchev–Trinajstić information content (AvgIpc) is 2.79. The zero-order chi connectivity index (χ0) is 11.1. The third kappa shape index (κ3) is 4.96. The lowest BCUT2D eigenvalue weighted by Gasteiger charge is -2.04. The molecule has 0 aromatic rings. The molecule has 3 nitrogen and oxygen atoms in total. The molecule has 2 unspecified atom stereocenters. The second kappa shape index (κ2) is 6.46. The van der Waals surface area contributed by atoms with Crippen LogP contribution >= 0.6 is 0 Å². The molecule has 0 aliphatic carbocycles. The van der Waals surface area contributed by atoms with Gasteiger partial charge in [-0.1, -0.05) is 51.9 Å². The van der Waals surface area contributed by atoms with Gasteiger partial charge in [-0.15, -0.1) is 0 Å². The van der Waals surface area contributed by atoms with E-state index in [0.29, 0.717) is 6.42 Å². The fourth-order valence-electron chi connectivity index (χ4n) is 1.85. The molecule has 3 heteroatoms. The van der Waals surface area contributed by atoms with Crippen LogP contribution in [0, 0.1) is 0 Å². The molecule has 0 saturated carbocycles. The monoisotopic (exact) mass is 216 g/mol. The quantitative estimate of drug-likeness (QED) is 0.460. The van der Waals surface area contributed by atoms with Crippen LogP contribution in [0.2, 0.25) is 0 Å². The second-order valence-electron chi connectivity index (χ2n) is 4.54. The standard InChI is InChI=1S/C12H24O3/c1-2-3-4-5-6-7-8-9-10-12(14)11(13)15-12/h11,13-14H,2-10H2,1H3. The van der Waals surface area contributed by atoms with E-state index in [1.807, 2.05) is 0 Å². The van der Waals surface area contributed by atoms with Crippen LogP contribution in [0.15, 0.2) is 0 Å². The van der Waals surface area contributed by atoms with Crippen LogP contribution in [0.25, 0.3) is 0 Å². The summed E-state index contributed by atoms with van der Waals surface area (Å²) in [5.74, 6) is -1.19. The smallest absolute Gasteiger partial charge is 0.220 e. The van der Waals surface area contributed by atoms with Crippen molar-refractivity contribution >= 4 is 0 Å². The number of aliphatic hydroxyl groups is 2. The van der Waals surface area contributed by atoms with Gasteiger partial charge < -0.3 is 14.9 Å². The summed E-state index contributed by atoms with van der Waals surface area (Å²) in [6.07, 6.45) is 9.57. The molecule has 1 saturated heterocycles. The molecule has 1 rings (SSSR count). The maximum atomic E-state index is 9.40. The Bertz CT molecular complexity index is 172. The fraction of sp³-hybridized carbons (Fsp3) is 1.00. The minimum absolute atomic E-state index is 0.573. The van der Waals surface area contributed by atoms with Crippen molar-refractivity contribution in [3.05, 3.63) is 0 Å². The maximum absolute atomic E-state index is 9.40. The molecule has 1 heterocycles. The van der Waals surface area contributed by atoms with E-state index >= 15 is 0 Å². The van der Waals surface area contributed by atoms with Gasteiger partial charge in [0.05, 0.1) is 0 Å². The summed E-state index contributed by atoms with van der Waals surface area (Å²) in [6.45, 7) is 2.22. The zero-order valence-electron chi connectivity index (χ0n) is 9.74. The van der Waals surface area contributed by atoms with Crippen molar-refractivity contribution in [2.24, 2.45) is 0 Å². The number of hydrogen-bond acceptors (Lipinski definition) is 3. The van der Waals surface area contributed by atoms with Crippen LogP contribution in [-0.4, -0.2) is 22.3 Å². The van der Waals surface area contributed by atoms with E-state index < -0.39 is 12.1 Å². The van der Waals surface area contributed by atoms with Crippen molar-refractivity contribution in [3.8, 4) is 0 Å². The lowest BCUT2D eigenvalue weighted by Crippen LogP contribution is -2.13. The molecule has 0 aromatic carbocycles. The predicted molar refractivity (Wildman–Crippen MR) is 59.3 cm³/mol. The summed E-state index contributed by atoms with van der Waals surface area (Å²) in [5.41, 5.74) is 0. The first kappa shape index (κ1) is 12.9. The van der Waals surface area contributed by atoms with E-state index in [0.717, 1.165) is 12.8 Å². The second-order valence-corrected chi connectivity index (χ2v) is 4.54. The summed E-state index contributed by atoms with van der Waals surface area (Å²) in [5, 5.41) is 18.3. The molecule has 15 heavy (non-hydrogen) atoms. The topological polar surface area (TPSA) is 53.0 Å². The van der Waals surface area contributed by atoms with Crippen molar-refractivity contribution in [2.75, 3.05) is 0 Å². The van der Waals surface area contributed by atoms with Crippen LogP contribution in [0.1, 0.15) is 64.7 Å². The summed E-state index contributed by atoms with van der Waals surface area (Å²) in [4.78, 5) is 0. The highest BCUT2D eigenvalue weighted by molar-refractivity contribution is 4.83. The third-order valence-corrected chi connectivity index (χ3v) is 3.03. The molecule has 0 spiro atoms. The van der Waals surface area contributed by atoms with Gasteiger partial charge in [0.2, 0.25) is 12.1 Å². The number of unbranched alkanes of at least 4 members (excludes halogenated alkanes) is 7. The third-order valence-electron chi connectivity index (χ3n) is 3.03. The first-order valence-electron chi connectivity index (χ1n) is 6.27. The first-order valence-corrected chi connectivity index (χ1v) is 6.27. The Hall–Kier alpha value is -0.120. The molecule has 90 valence electrons. The lowest BCUT2D eigenvalue weighted by atomic mass is 10.1. The molecule has 0 radical (unpaired) electrons. The molecule has 1 aliphatic rings. The first-order chi connectivity index (χ1) is 7.19. The van der Waals surface area contributed by atoms with Crippen molar-refractivity contribution in [1.29, 1.82) is 0 Å². The normalized spacial score (nSPS) is 29.4. The summed E-state index contributed by atoms with van der Waals surface area (Å²) in [6, 6.07) is 0. The minimum Gasteiger partial charge on any atom is -0.364 e. The van der Waals surface area contributed by atoms with Gasteiger partial charge in [0.25, 0.3) is 0 Å². The molecule has 2 atom stereocenters. The Labute approximate surface area is 92.4 Å². The Balaban J connectivity index is 1.78. The molecule has 1 aliphatic heterocycles. The van der Waals surface area contributed by atoms with E-state index in [2.05, 4.69) is 11.7 Å². The number of rotatable bonds is 9. The highest BCUT2D eigenvalue weighted by Gasteiger charge is 2.53. The average molecular weight is 216 g/mol. The van der Waals surface area contributed by atoms with Crippen molar-refractivity contribution in [1.82, 2.24) is 0 Å². The molecule has 0 amide bonds. The number of aliphatic hydroxyl groups excluding tert-OH is 1.